The first-order valence-electron chi connectivity index (χ1n) is 6.42. The summed E-state index contributed by atoms with van der Waals surface area (Å²) in [6, 6.07) is 9.79. The number of rotatable bonds is 4. The molecule has 0 saturated carbocycles. The molecule has 1 saturated heterocycles. The van der Waals surface area contributed by atoms with E-state index in [1.807, 2.05) is 30.3 Å². The molecule has 1 aliphatic heterocycles. The molecule has 0 aromatic heterocycles. The van der Waals surface area contributed by atoms with Crippen molar-refractivity contribution in [1.82, 2.24) is 9.80 Å². The van der Waals surface area contributed by atoms with Crippen LogP contribution in [0.25, 0.3) is 0 Å². The van der Waals surface area contributed by atoms with E-state index in [0.717, 1.165) is 5.56 Å². The predicted octanol–water partition coefficient (Wildman–Crippen LogP) is -0.318. The fourth-order valence-electron chi connectivity index (χ4n) is 2.23. The predicted molar refractivity (Wildman–Crippen MR) is 71.4 cm³/mol. The molecule has 0 spiro atoms. The quantitative estimate of drug-likeness (QED) is 0.782. The molecule has 1 aliphatic rings. The molecule has 0 radical (unpaired) electrons. The van der Waals surface area contributed by atoms with Gasteiger partial charge in [-0.2, -0.15) is 0 Å². The third-order valence-electron chi connectivity index (χ3n) is 3.38. The Morgan fingerprint density at radius 2 is 1.84 bits per heavy atom. The summed E-state index contributed by atoms with van der Waals surface area (Å²) in [5.74, 6) is -0.00912. The van der Waals surface area contributed by atoms with Crippen molar-refractivity contribution in [3.8, 4) is 0 Å². The molecule has 2 rings (SSSR count). The van der Waals surface area contributed by atoms with Crippen molar-refractivity contribution in [2.75, 3.05) is 26.7 Å². The third-order valence-corrected chi connectivity index (χ3v) is 3.38. The van der Waals surface area contributed by atoms with Crippen LogP contribution in [0.5, 0.6) is 0 Å². The number of benzene rings is 1. The molecule has 1 fully saturated rings. The minimum Gasteiger partial charge on any atom is -0.389 e. The van der Waals surface area contributed by atoms with E-state index in [0.29, 0.717) is 19.6 Å². The zero-order chi connectivity index (χ0) is 13.8. The molecule has 0 aliphatic carbocycles. The maximum atomic E-state index is 12.0. The first kappa shape index (κ1) is 14.0. The minimum absolute atomic E-state index is 0.00912. The van der Waals surface area contributed by atoms with E-state index < -0.39 is 12.2 Å². The van der Waals surface area contributed by atoms with Crippen LogP contribution in [-0.2, 0) is 11.3 Å². The van der Waals surface area contributed by atoms with Crippen molar-refractivity contribution in [2.24, 2.45) is 0 Å². The molecule has 104 valence electrons. The van der Waals surface area contributed by atoms with Crippen LogP contribution in [0.3, 0.4) is 0 Å². The Kier molecular flexibility index (Phi) is 4.52. The van der Waals surface area contributed by atoms with Crippen molar-refractivity contribution >= 4 is 5.91 Å². The number of nitrogens with zero attached hydrogens (tertiary/aromatic N) is 2. The van der Waals surface area contributed by atoms with Crippen molar-refractivity contribution in [2.45, 2.75) is 18.8 Å². The number of hydrogen-bond acceptors (Lipinski definition) is 4. The normalized spacial score (nSPS) is 23.5. The molecular formula is C14H20N2O3. The number of likely N-dealkylation sites (tertiary alicyclic amines) is 1. The molecule has 2 atom stereocenters. The zero-order valence-electron chi connectivity index (χ0n) is 11.1. The van der Waals surface area contributed by atoms with Crippen LogP contribution in [0.2, 0.25) is 0 Å². The first-order chi connectivity index (χ1) is 9.06. The number of hydrogen-bond donors (Lipinski definition) is 2. The van der Waals surface area contributed by atoms with Gasteiger partial charge in [-0.1, -0.05) is 30.3 Å². The lowest BCUT2D eigenvalue weighted by atomic mass is 10.2. The summed E-state index contributed by atoms with van der Waals surface area (Å²) in [7, 11) is 1.76. The van der Waals surface area contributed by atoms with Gasteiger partial charge in [0.15, 0.2) is 0 Å². The zero-order valence-corrected chi connectivity index (χ0v) is 11.1. The van der Waals surface area contributed by atoms with Gasteiger partial charge >= 0.3 is 0 Å². The van der Waals surface area contributed by atoms with Gasteiger partial charge in [-0.05, 0) is 5.56 Å². The number of amides is 1. The number of aliphatic hydroxyl groups excluding tert-OH is 2. The Hall–Kier alpha value is -1.43. The Labute approximate surface area is 113 Å². The maximum absolute atomic E-state index is 12.0. The average Bonchev–Trinajstić information content (AvgIpc) is 2.69. The van der Waals surface area contributed by atoms with E-state index in [2.05, 4.69) is 0 Å². The summed E-state index contributed by atoms with van der Waals surface area (Å²) >= 11 is 0. The topological polar surface area (TPSA) is 64.0 Å². The van der Waals surface area contributed by atoms with Gasteiger partial charge in [0.1, 0.15) is 0 Å². The molecule has 5 nitrogen and oxygen atoms in total. The Balaban J connectivity index is 1.83. The largest absolute Gasteiger partial charge is 0.389 e. The van der Waals surface area contributed by atoms with Crippen LogP contribution in [0.15, 0.2) is 30.3 Å². The highest BCUT2D eigenvalue weighted by atomic mass is 16.3. The first-order valence-corrected chi connectivity index (χ1v) is 6.42. The molecule has 0 bridgehead atoms. The van der Waals surface area contributed by atoms with Gasteiger partial charge in [0.05, 0.1) is 18.8 Å². The highest BCUT2D eigenvalue weighted by Crippen LogP contribution is 2.10. The smallest absolute Gasteiger partial charge is 0.236 e. The Bertz CT molecular complexity index is 414. The summed E-state index contributed by atoms with van der Waals surface area (Å²) in [4.78, 5) is 15.5. The highest BCUT2D eigenvalue weighted by molar-refractivity contribution is 5.78. The Morgan fingerprint density at radius 3 is 2.42 bits per heavy atom. The fraction of sp³-hybridized carbons (Fsp3) is 0.500. The number of likely N-dealkylation sites (N-methyl/N-ethyl adjacent to an activating group) is 1. The van der Waals surface area contributed by atoms with Crippen LogP contribution in [0.1, 0.15) is 5.56 Å². The molecule has 5 heteroatoms. The van der Waals surface area contributed by atoms with E-state index in [9.17, 15) is 15.0 Å². The third kappa shape index (κ3) is 3.76. The van der Waals surface area contributed by atoms with Crippen molar-refractivity contribution in [3.63, 3.8) is 0 Å². The van der Waals surface area contributed by atoms with Gasteiger partial charge in [0, 0.05) is 26.7 Å². The summed E-state index contributed by atoms with van der Waals surface area (Å²) in [5.41, 5.74) is 1.08. The molecular weight excluding hydrogens is 244 g/mol. The maximum Gasteiger partial charge on any atom is 0.236 e. The average molecular weight is 264 g/mol. The number of carbonyl (C=O) groups is 1. The van der Waals surface area contributed by atoms with E-state index in [-0.39, 0.29) is 12.5 Å². The lowest BCUT2D eigenvalue weighted by Crippen LogP contribution is -2.37. The molecule has 2 unspecified atom stereocenters. The van der Waals surface area contributed by atoms with Crippen LogP contribution >= 0.6 is 0 Å². The SMILES string of the molecule is CN(Cc1ccccc1)C(=O)CN1CC(O)C(O)C1. The van der Waals surface area contributed by atoms with Gasteiger partial charge in [-0.3, -0.25) is 9.69 Å². The highest BCUT2D eigenvalue weighted by Gasteiger charge is 2.30. The standard InChI is InChI=1S/C14H20N2O3/c1-15(7-11-5-3-2-4-6-11)14(19)10-16-8-12(17)13(18)9-16/h2-6,12-13,17-18H,7-10H2,1H3. The van der Waals surface area contributed by atoms with Crippen molar-refractivity contribution in [1.29, 1.82) is 0 Å². The summed E-state index contributed by atoms with van der Waals surface area (Å²) < 4.78 is 0. The second-order valence-corrected chi connectivity index (χ2v) is 5.06. The van der Waals surface area contributed by atoms with E-state index >= 15 is 0 Å². The second-order valence-electron chi connectivity index (χ2n) is 5.06. The minimum atomic E-state index is -0.743. The van der Waals surface area contributed by atoms with E-state index in [1.165, 1.54) is 0 Å². The molecule has 1 aromatic carbocycles. The number of aliphatic hydroxyl groups is 2. The second kappa shape index (κ2) is 6.14. The fourth-order valence-corrected chi connectivity index (χ4v) is 2.23. The van der Waals surface area contributed by atoms with Crippen LogP contribution < -0.4 is 0 Å². The molecule has 1 aromatic rings. The summed E-state index contributed by atoms with van der Waals surface area (Å²) in [5, 5.41) is 18.9. The summed E-state index contributed by atoms with van der Waals surface area (Å²) in [6.07, 6.45) is -1.49. The monoisotopic (exact) mass is 264 g/mol. The van der Waals surface area contributed by atoms with Crippen LogP contribution in [0, 0.1) is 0 Å². The molecule has 1 amide bonds. The van der Waals surface area contributed by atoms with E-state index in [1.54, 1.807) is 16.8 Å². The molecule has 1 heterocycles. The van der Waals surface area contributed by atoms with Gasteiger partial charge in [0.2, 0.25) is 5.91 Å². The van der Waals surface area contributed by atoms with Crippen LogP contribution in [-0.4, -0.2) is 64.8 Å². The lowest BCUT2D eigenvalue weighted by molar-refractivity contribution is -0.131. The van der Waals surface area contributed by atoms with Crippen LogP contribution in [0.4, 0.5) is 0 Å². The van der Waals surface area contributed by atoms with Crippen molar-refractivity contribution < 1.29 is 15.0 Å². The van der Waals surface area contributed by atoms with Gasteiger partial charge in [0.25, 0.3) is 0 Å². The van der Waals surface area contributed by atoms with Gasteiger partial charge in [-0.15, -0.1) is 0 Å². The van der Waals surface area contributed by atoms with Gasteiger partial charge in [-0.25, -0.2) is 0 Å². The van der Waals surface area contributed by atoms with Crippen molar-refractivity contribution in [3.05, 3.63) is 35.9 Å². The van der Waals surface area contributed by atoms with E-state index in [4.69, 9.17) is 0 Å². The number of carbonyl (C=O) groups excluding carboxylic acids is 1. The van der Waals surface area contributed by atoms with Gasteiger partial charge < -0.3 is 15.1 Å². The Morgan fingerprint density at radius 1 is 1.26 bits per heavy atom. The number of β-amino-alcohol motifs (C(OH)–C–C–N with tert-alkyl or cyclic N) is 2. The molecule has 19 heavy (non-hydrogen) atoms. The lowest BCUT2D eigenvalue weighted by Gasteiger charge is -2.21. The molecule has 2 N–H and O–H groups in total. The summed E-state index contributed by atoms with van der Waals surface area (Å²) in [6.45, 7) is 1.51.